The van der Waals surface area contributed by atoms with Crippen LogP contribution in [0.1, 0.15) is 33.6 Å². The molecule has 0 amide bonds. The lowest BCUT2D eigenvalue weighted by molar-refractivity contribution is -0.259. The zero-order valence-corrected chi connectivity index (χ0v) is 14.2. The summed E-state index contributed by atoms with van der Waals surface area (Å²) in [7, 11) is 2.06. The van der Waals surface area contributed by atoms with E-state index in [9.17, 15) is 5.11 Å². The highest BCUT2D eigenvalue weighted by atomic mass is 16.5. The van der Waals surface area contributed by atoms with Crippen LogP contribution in [0.3, 0.4) is 0 Å². The summed E-state index contributed by atoms with van der Waals surface area (Å²) in [6, 6.07) is 10.3. The van der Waals surface area contributed by atoms with Crippen LogP contribution in [-0.4, -0.2) is 37.0 Å². The van der Waals surface area contributed by atoms with Gasteiger partial charge in [-0.15, -0.1) is 0 Å². The molecule has 3 aliphatic carbocycles. The van der Waals surface area contributed by atoms with Crippen molar-refractivity contribution in [3.05, 3.63) is 30.3 Å². The maximum absolute atomic E-state index is 11.6. The molecule has 1 aromatic rings. The Balaban J connectivity index is 1.83. The number of hydrogen-bond acceptors (Lipinski definition) is 3. The van der Waals surface area contributed by atoms with Gasteiger partial charge >= 0.3 is 0 Å². The summed E-state index contributed by atoms with van der Waals surface area (Å²) < 4.78 is 5.95. The number of fused-ring (bicyclic) bond motifs is 2. The van der Waals surface area contributed by atoms with Crippen molar-refractivity contribution in [2.75, 3.05) is 25.1 Å². The van der Waals surface area contributed by atoms with E-state index in [1.807, 2.05) is 25.1 Å². The Bertz CT molecular complexity index is 515. The lowest BCUT2D eigenvalue weighted by Crippen LogP contribution is -2.71. The highest BCUT2D eigenvalue weighted by Gasteiger charge is 2.65. The zero-order chi connectivity index (χ0) is 16.0. The molecule has 122 valence electrons. The van der Waals surface area contributed by atoms with Gasteiger partial charge in [-0.2, -0.15) is 0 Å². The maximum atomic E-state index is 11.6. The normalized spacial score (nSPS) is 35.8. The van der Waals surface area contributed by atoms with Crippen molar-refractivity contribution in [1.29, 1.82) is 0 Å². The van der Waals surface area contributed by atoms with Crippen molar-refractivity contribution in [2.24, 2.45) is 17.3 Å². The van der Waals surface area contributed by atoms with Crippen LogP contribution in [0.2, 0.25) is 0 Å². The first-order chi connectivity index (χ1) is 10.4. The van der Waals surface area contributed by atoms with Crippen molar-refractivity contribution in [2.45, 2.75) is 45.3 Å². The van der Waals surface area contributed by atoms with Crippen LogP contribution in [0.25, 0.3) is 0 Å². The fourth-order valence-corrected chi connectivity index (χ4v) is 4.73. The molecule has 4 rings (SSSR count). The fraction of sp³-hybridized carbons (Fsp3) is 0.684. The third kappa shape index (κ3) is 2.35. The Morgan fingerprint density at radius 2 is 1.91 bits per heavy atom. The molecule has 3 saturated carbocycles. The smallest absolute Gasteiger partial charge is 0.111 e. The van der Waals surface area contributed by atoms with Gasteiger partial charge in [0.15, 0.2) is 0 Å². The molecule has 0 heterocycles. The number of rotatable bonds is 5. The number of ether oxygens (including phenoxy) is 1. The predicted molar refractivity (Wildman–Crippen MR) is 90.1 cm³/mol. The van der Waals surface area contributed by atoms with Gasteiger partial charge in [0.05, 0.1) is 6.10 Å². The second kappa shape index (κ2) is 5.54. The van der Waals surface area contributed by atoms with E-state index >= 15 is 0 Å². The predicted octanol–water partition coefficient (Wildman–Crippen LogP) is 3.33. The summed E-state index contributed by atoms with van der Waals surface area (Å²) in [6.45, 7) is 7.93. The first-order valence-corrected chi connectivity index (χ1v) is 8.49. The minimum atomic E-state index is -0.765. The van der Waals surface area contributed by atoms with Crippen LogP contribution < -0.4 is 4.90 Å². The van der Waals surface area contributed by atoms with Crippen LogP contribution in [0.5, 0.6) is 0 Å². The number of hydrogen-bond donors (Lipinski definition) is 1. The monoisotopic (exact) mass is 303 g/mol. The highest BCUT2D eigenvalue weighted by molar-refractivity contribution is 5.45. The number of anilines is 1. The Kier molecular flexibility index (Phi) is 3.98. The van der Waals surface area contributed by atoms with Gasteiger partial charge in [-0.3, -0.25) is 0 Å². The van der Waals surface area contributed by atoms with Gasteiger partial charge in [0, 0.05) is 25.9 Å². The molecule has 22 heavy (non-hydrogen) atoms. The van der Waals surface area contributed by atoms with Crippen LogP contribution in [0, 0.1) is 17.3 Å². The largest absolute Gasteiger partial charge is 0.385 e. The van der Waals surface area contributed by atoms with Gasteiger partial charge in [-0.1, -0.05) is 32.0 Å². The number of likely N-dealkylation sites (N-methyl/N-ethyl adjacent to an activating group) is 1. The SMILES string of the molecule is CCO[C@H]1C[C@H]2C[C@H](C2(C)C)[C@]1(O)CN(C)c1ccccc1. The average Bonchev–Trinajstić information content (AvgIpc) is 2.49. The Morgan fingerprint density at radius 3 is 2.50 bits per heavy atom. The second-order valence-electron chi connectivity index (χ2n) is 7.67. The topological polar surface area (TPSA) is 32.7 Å². The lowest BCUT2D eigenvalue weighted by atomic mass is 9.43. The lowest BCUT2D eigenvalue weighted by Gasteiger charge is -2.66. The first-order valence-electron chi connectivity index (χ1n) is 8.49. The van der Waals surface area contributed by atoms with Crippen molar-refractivity contribution >= 4 is 5.69 Å². The average molecular weight is 303 g/mol. The molecule has 0 aliphatic heterocycles. The molecule has 0 radical (unpaired) electrons. The van der Waals surface area contributed by atoms with Crippen molar-refractivity contribution in [1.82, 2.24) is 0 Å². The molecule has 1 N–H and O–H groups in total. The molecular weight excluding hydrogens is 274 g/mol. The van der Waals surface area contributed by atoms with E-state index in [-0.39, 0.29) is 11.5 Å². The molecule has 3 aliphatic rings. The van der Waals surface area contributed by atoms with E-state index in [0.717, 1.165) is 18.5 Å². The minimum absolute atomic E-state index is 0.0413. The number of nitrogens with zero attached hydrogens (tertiary/aromatic N) is 1. The van der Waals surface area contributed by atoms with Crippen molar-refractivity contribution in [3.63, 3.8) is 0 Å². The van der Waals surface area contributed by atoms with Gasteiger partial charge in [0.1, 0.15) is 5.60 Å². The van der Waals surface area contributed by atoms with Gasteiger partial charge in [-0.05, 0) is 49.1 Å². The molecule has 3 fully saturated rings. The van der Waals surface area contributed by atoms with Crippen molar-refractivity contribution < 1.29 is 9.84 Å². The van der Waals surface area contributed by atoms with E-state index in [2.05, 4.69) is 37.9 Å². The molecule has 4 atom stereocenters. The van der Waals surface area contributed by atoms with Crippen LogP contribution in [0.15, 0.2) is 30.3 Å². The quantitative estimate of drug-likeness (QED) is 0.905. The molecule has 1 aromatic carbocycles. The van der Waals surface area contributed by atoms with Gasteiger partial charge in [0.2, 0.25) is 0 Å². The molecule has 0 unspecified atom stereocenters. The number of para-hydroxylation sites is 1. The molecule has 3 nitrogen and oxygen atoms in total. The van der Waals surface area contributed by atoms with Gasteiger partial charge in [0.25, 0.3) is 0 Å². The summed E-state index contributed by atoms with van der Waals surface area (Å²) in [4.78, 5) is 2.17. The Labute approximate surface area is 134 Å². The molecular formula is C19H29NO2. The van der Waals surface area contributed by atoms with Crippen LogP contribution >= 0.6 is 0 Å². The van der Waals surface area contributed by atoms with E-state index in [1.54, 1.807) is 0 Å². The third-order valence-corrected chi connectivity index (χ3v) is 6.19. The molecule has 0 saturated heterocycles. The second-order valence-corrected chi connectivity index (χ2v) is 7.67. The Morgan fingerprint density at radius 1 is 1.23 bits per heavy atom. The van der Waals surface area contributed by atoms with Crippen molar-refractivity contribution in [3.8, 4) is 0 Å². The summed E-state index contributed by atoms with van der Waals surface area (Å²) in [5, 5.41) is 11.6. The maximum Gasteiger partial charge on any atom is 0.111 e. The van der Waals surface area contributed by atoms with E-state index in [0.29, 0.717) is 25.0 Å². The third-order valence-electron chi connectivity index (χ3n) is 6.19. The van der Waals surface area contributed by atoms with Gasteiger partial charge in [-0.25, -0.2) is 0 Å². The summed E-state index contributed by atoms with van der Waals surface area (Å²) >= 11 is 0. The van der Waals surface area contributed by atoms with E-state index < -0.39 is 5.60 Å². The molecule has 0 aromatic heterocycles. The number of benzene rings is 1. The van der Waals surface area contributed by atoms with Crippen LogP contribution in [0.4, 0.5) is 5.69 Å². The molecule has 2 bridgehead atoms. The Hall–Kier alpha value is -1.06. The first kappa shape index (κ1) is 15.8. The highest BCUT2D eigenvalue weighted by Crippen LogP contribution is 2.63. The van der Waals surface area contributed by atoms with E-state index in [4.69, 9.17) is 4.74 Å². The molecule has 0 spiro atoms. The number of aliphatic hydroxyl groups is 1. The molecule has 3 heteroatoms. The standard InChI is InChI=1S/C19H29NO2/c1-5-22-17-12-14-11-16(18(14,2)3)19(17,21)13-20(4)15-9-7-6-8-10-15/h6-10,14,16-17,21H,5,11-13H2,1-4H3/t14-,16-,17+,19-/m1/s1. The zero-order valence-electron chi connectivity index (χ0n) is 14.2. The fourth-order valence-electron chi connectivity index (χ4n) is 4.73. The minimum Gasteiger partial charge on any atom is -0.385 e. The summed E-state index contributed by atoms with van der Waals surface area (Å²) in [6.07, 6.45) is 2.08. The van der Waals surface area contributed by atoms with Crippen LogP contribution in [-0.2, 0) is 4.74 Å². The summed E-state index contributed by atoms with van der Waals surface area (Å²) in [5.74, 6) is 1.01. The van der Waals surface area contributed by atoms with E-state index in [1.165, 1.54) is 0 Å². The van der Waals surface area contributed by atoms with Gasteiger partial charge < -0.3 is 14.7 Å². The summed E-state index contributed by atoms with van der Waals surface area (Å²) in [5.41, 5.74) is 0.601.